The molecule has 1 aromatic carbocycles. The number of methoxy groups -OCH3 is 1. The minimum absolute atomic E-state index is 0.0509. The first-order chi connectivity index (χ1) is 8.69. The van der Waals surface area contributed by atoms with Crippen LogP contribution in [0.3, 0.4) is 0 Å². The largest absolute Gasteiger partial charge is 0.496 e. The number of carbonyl (C=O) groups excluding carboxylic acids is 1. The van der Waals surface area contributed by atoms with Crippen molar-refractivity contribution in [3.63, 3.8) is 0 Å². The highest BCUT2D eigenvalue weighted by atomic mass is 127. The summed E-state index contributed by atoms with van der Waals surface area (Å²) in [4.78, 5) is 12.0. The van der Waals surface area contributed by atoms with Gasteiger partial charge < -0.3 is 10.1 Å². The normalized spacial score (nSPS) is 10.2. The van der Waals surface area contributed by atoms with Crippen molar-refractivity contribution in [2.75, 3.05) is 18.1 Å². The van der Waals surface area contributed by atoms with Gasteiger partial charge in [-0.25, -0.2) is 0 Å². The van der Waals surface area contributed by atoms with E-state index in [0.717, 1.165) is 24.9 Å². The van der Waals surface area contributed by atoms with Crippen LogP contribution >= 0.6 is 22.6 Å². The summed E-state index contributed by atoms with van der Waals surface area (Å²) >= 11 is 2.37. The van der Waals surface area contributed by atoms with Gasteiger partial charge in [0.2, 0.25) is 0 Å². The summed E-state index contributed by atoms with van der Waals surface area (Å²) < 4.78 is 6.38. The van der Waals surface area contributed by atoms with Crippen molar-refractivity contribution < 1.29 is 9.53 Å². The predicted octanol–water partition coefficient (Wildman–Crippen LogP) is 3.34. The summed E-state index contributed by atoms with van der Waals surface area (Å²) in [5, 5.41) is 2.94. The number of hydrogen-bond acceptors (Lipinski definition) is 2. The molecule has 0 bridgehead atoms. The number of halogens is 1. The number of unbranched alkanes of at least 4 members (excludes halogenated alkanes) is 2. The smallest absolute Gasteiger partial charge is 0.255 e. The van der Waals surface area contributed by atoms with Crippen LogP contribution in [-0.2, 0) is 0 Å². The van der Waals surface area contributed by atoms with Gasteiger partial charge in [-0.15, -0.1) is 0 Å². The highest BCUT2D eigenvalue weighted by molar-refractivity contribution is 14.1. The molecule has 0 radical (unpaired) electrons. The quantitative estimate of drug-likeness (QED) is 0.460. The van der Waals surface area contributed by atoms with Gasteiger partial charge in [-0.1, -0.05) is 40.6 Å². The number of ether oxygens (including phenoxy) is 1. The highest BCUT2D eigenvalue weighted by Gasteiger charge is 2.11. The van der Waals surface area contributed by atoms with E-state index in [4.69, 9.17) is 4.74 Å². The van der Waals surface area contributed by atoms with Gasteiger partial charge >= 0.3 is 0 Å². The van der Waals surface area contributed by atoms with Crippen molar-refractivity contribution in [2.45, 2.75) is 26.2 Å². The Hall–Kier alpha value is -0.780. The second-order valence-electron chi connectivity index (χ2n) is 4.21. The Morgan fingerprint density at radius 1 is 1.33 bits per heavy atom. The third-order valence-corrected chi connectivity index (χ3v) is 3.46. The van der Waals surface area contributed by atoms with Crippen molar-refractivity contribution in [2.24, 2.45) is 0 Å². The van der Waals surface area contributed by atoms with Gasteiger partial charge in [0.1, 0.15) is 5.75 Å². The first-order valence-corrected chi connectivity index (χ1v) is 7.70. The Balaban J connectivity index is 2.52. The fourth-order valence-electron chi connectivity index (χ4n) is 1.69. The van der Waals surface area contributed by atoms with E-state index in [-0.39, 0.29) is 5.91 Å². The van der Waals surface area contributed by atoms with Gasteiger partial charge in [-0.05, 0) is 36.3 Å². The zero-order valence-corrected chi connectivity index (χ0v) is 13.1. The van der Waals surface area contributed by atoms with Crippen molar-refractivity contribution in [3.8, 4) is 5.75 Å². The molecule has 4 heteroatoms. The summed E-state index contributed by atoms with van der Waals surface area (Å²) in [5.41, 5.74) is 1.68. The minimum Gasteiger partial charge on any atom is -0.496 e. The number of hydrogen-bond donors (Lipinski definition) is 1. The maximum Gasteiger partial charge on any atom is 0.255 e. The lowest BCUT2D eigenvalue weighted by Gasteiger charge is -2.10. The standard InChI is InChI=1S/C14H20INO2/c1-11-6-7-13(18-2)12(10-11)14(17)16-9-5-3-4-8-15/h6-7,10H,3-5,8-9H2,1-2H3,(H,16,17). The van der Waals surface area contributed by atoms with Crippen LogP contribution in [0.2, 0.25) is 0 Å². The molecular weight excluding hydrogens is 341 g/mol. The molecule has 3 nitrogen and oxygen atoms in total. The lowest BCUT2D eigenvalue weighted by atomic mass is 10.1. The summed E-state index contributed by atoms with van der Waals surface area (Å²) in [6.45, 7) is 2.70. The monoisotopic (exact) mass is 361 g/mol. The summed E-state index contributed by atoms with van der Waals surface area (Å²) in [6, 6.07) is 5.63. The SMILES string of the molecule is COc1ccc(C)cc1C(=O)NCCCCCI. The van der Waals surface area contributed by atoms with Crippen LogP contribution in [-0.4, -0.2) is 24.0 Å². The Bertz CT molecular complexity index is 393. The molecule has 18 heavy (non-hydrogen) atoms. The van der Waals surface area contributed by atoms with E-state index in [1.807, 2.05) is 25.1 Å². The number of aryl methyl sites for hydroxylation is 1. The molecule has 0 spiro atoms. The van der Waals surface area contributed by atoms with Gasteiger partial charge in [0.15, 0.2) is 0 Å². The lowest BCUT2D eigenvalue weighted by molar-refractivity contribution is 0.0950. The average Bonchev–Trinajstić information content (AvgIpc) is 2.38. The van der Waals surface area contributed by atoms with E-state index in [9.17, 15) is 4.79 Å². The number of benzene rings is 1. The van der Waals surface area contributed by atoms with E-state index < -0.39 is 0 Å². The van der Waals surface area contributed by atoms with Gasteiger partial charge in [0.25, 0.3) is 5.91 Å². The number of carbonyl (C=O) groups is 1. The fourth-order valence-corrected chi connectivity index (χ4v) is 2.23. The topological polar surface area (TPSA) is 38.3 Å². The molecule has 0 aliphatic rings. The van der Waals surface area contributed by atoms with Crippen molar-refractivity contribution in [3.05, 3.63) is 29.3 Å². The van der Waals surface area contributed by atoms with Crippen molar-refractivity contribution in [1.29, 1.82) is 0 Å². The molecule has 0 aliphatic heterocycles. The first kappa shape index (κ1) is 15.3. The number of nitrogens with one attached hydrogen (secondary N) is 1. The van der Waals surface area contributed by atoms with Gasteiger partial charge in [0.05, 0.1) is 12.7 Å². The molecule has 0 saturated heterocycles. The summed E-state index contributed by atoms with van der Waals surface area (Å²) in [7, 11) is 1.59. The Kier molecular flexibility index (Phi) is 7.08. The van der Waals surface area contributed by atoms with Crippen molar-refractivity contribution in [1.82, 2.24) is 5.32 Å². The number of rotatable bonds is 7. The molecule has 100 valence electrons. The van der Waals surface area contributed by atoms with Gasteiger partial charge in [-0.3, -0.25) is 4.79 Å². The van der Waals surface area contributed by atoms with E-state index in [1.165, 1.54) is 10.8 Å². The first-order valence-electron chi connectivity index (χ1n) is 6.18. The van der Waals surface area contributed by atoms with E-state index in [2.05, 4.69) is 27.9 Å². The van der Waals surface area contributed by atoms with Crippen LogP contribution < -0.4 is 10.1 Å². The molecular formula is C14H20INO2. The Morgan fingerprint density at radius 3 is 2.78 bits per heavy atom. The average molecular weight is 361 g/mol. The maximum atomic E-state index is 12.0. The summed E-state index contributed by atoms with van der Waals surface area (Å²) in [5.74, 6) is 0.579. The number of amides is 1. The zero-order chi connectivity index (χ0) is 13.4. The van der Waals surface area contributed by atoms with E-state index in [1.54, 1.807) is 7.11 Å². The predicted molar refractivity (Wildman–Crippen MR) is 82.8 cm³/mol. The molecule has 0 atom stereocenters. The molecule has 0 fully saturated rings. The molecule has 1 aromatic rings. The second-order valence-corrected chi connectivity index (χ2v) is 5.29. The fraction of sp³-hybridized carbons (Fsp3) is 0.500. The molecule has 0 aliphatic carbocycles. The highest BCUT2D eigenvalue weighted by Crippen LogP contribution is 2.19. The molecule has 0 saturated carbocycles. The van der Waals surface area contributed by atoms with Gasteiger partial charge in [0, 0.05) is 6.54 Å². The molecule has 1 amide bonds. The molecule has 1 N–H and O–H groups in total. The van der Waals surface area contributed by atoms with E-state index in [0.29, 0.717) is 11.3 Å². The van der Waals surface area contributed by atoms with Crippen LogP contribution in [0.5, 0.6) is 5.75 Å². The third-order valence-electron chi connectivity index (χ3n) is 2.70. The molecule has 0 unspecified atom stereocenters. The van der Waals surface area contributed by atoms with Crippen LogP contribution in [0, 0.1) is 6.92 Å². The Labute approximate surface area is 122 Å². The molecule has 0 heterocycles. The lowest BCUT2D eigenvalue weighted by Crippen LogP contribution is -2.25. The Morgan fingerprint density at radius 2 is 2.11 bits per heavy atom. The summed E-state index contributed by atoms with van der Waals surface area (Å²) in [6.07, 6.45) is 3.40. The van der Waals surface area contributed by atoms with Crippen LogP contribution in [0.4, 0.5) is 0 Å². The minimum atomic E-state index is -0.0509. The van der Waals surface area contributed by atoms with Crippen LogP contribution in [0.15, 0.2) is 18.2 Å². The van der Waals surface area contributed by atoms with Gasteiger partial charge in [-0.2, -0.15) is 0 Å². The second kappa shape index (κ2) is 8.34. The van der Waals surface area contributed by atoms with Crippen LogP contribution in [0.25, 0.3) is 0 Å². The van der Waals surface area contributed by atoms with Crippen molar-refractivity contribution >= 4 is 28.5 Å². The molecule has 1 rings (SSSR count). The zero-order valence-electron chi connectivity index (χ0n) is 11.0. The number of alkyl halides is 1. The molecule has 0 aromatic heterocycles. The van der Waals surface area contributed by atoms with Crippen LogP contribution in [0.1, 0.15) is 35.2 Å². The third kappa shape index (κ3) is 4.84. The van der Waals surface area contributed by atoms with E-state index >= 15 is 0 Å². The maximum absolute atomic E-state index is 12.0.